The molecule has 0 atom stereocenters. The highest BCUT2D eigenvalue weighted by Gasteiger charge is 2.37. The van der Waals surface area contributed by atoms with Crippen molar-refractivity contribution in [3.63, 3.8) is 0 Å². The van der Waals surface area contributed by atoms with Crippen LogP contribution >= 0.6 is 0 Å². The molecule has 0 unspecified atom stereocenters. The zero-order valence-electron chi connectivity index (χ0n) is 22.1. The Balaban J connectivity index is 1.21. The minimum Gasteiger partial charge on any atom is -0.413 e. The van der Waals surface area contributed by atoms with Crippen molar-refractivity contribution in [3.8, 4) is 11.3 Å². The number of anilines is 1. The molecular weight excluding hydrogens is 462 g/mol. The molecule has 36 heavy (non-hydrogen) atoms. The van der Waals surface area contributed by atoms with Crippen molar-refractivity contribution in [1.82, 2.24) is 19.7 Å². The SMILES string of the molecule is CC(C)(C)[Si](C)(C)OCc1cccc(N2CCC(n3cc(-c4cnc5ccccc5n4)cn3)CC2)c1. The third-order valence-electron chi connectivity index (χ3n) is 7.87. The minimum absolute atomic E-state index is 0.222. The van der Waals surface area contributed by atoms with E-state index in [-0.39, 0.29) is 5.04 Å². The molecule has 1 aliphatic heterocycles. The van der Waals surface area contributed by atoms with Gasteiger partial charge in [0.1, 0.15) is 0 Å². The molecule has 6 nitrogen and oxygen atoms in total. The molecule has 188 valence electrons. The molecule has 1 fully saturated rings. The fourth-order valence-electron chi connectivity index (χ4n) is 4.48. The summed E-state index contributed by atoms with van der Waals surface area (Å²) in [6.45, 7) is 14.2. The van der Waals surface area contributed by atoms with Gasteiger partial charge in [-0.05, 0) is 60.8 Å². The molecule has 3 heterocycles. The van der Waals surface area contributed by atoms with Crippen LogP contribution in [0.2, 0.25) is 18.1 Å². The lowest BCUT2D eigenvalue weighted by molar-refractivity contribution is 0.276. The van der Waals surface area contributed by atoms with E-state index in [1.54, 1.807) is 0 Å². The number of hydrogen-bond acceptors (Lipinski definition) is 5. The Labute approximate surface area is 215 Å². The highest BCUT2D eigenvalue weighted by Crippen LogP contribution is 2.37. The third-order valence-corrected chi connectivity index (χ3v) is 12.3. The number of para-hydroxylation sites is 2. The standard InChI is InChI=1S/C29H37N5OSi/c1-29(2,3)36(4,5)35-21-22-9-8-10-25(17-22)33-15-13-24(14-16-33)34-20-23(18-31-34)28-19-30-26-11-6-7-12-27(26)32-28/h6-12,17-20,24H,13-16,21H2,1-5H3. The van der Waals surface area contributed by atoms with Gasteiger partial charge >= 0.3 is 0 Å². The lowest BCUT2D eigenvalue weighted by Crippen LogP contribution is -2.40. The van der Waals surface area contributed by atoms with Crippen molar-refractivity contribution in [2.45, 2.75) is 64.4 Å². The van der Waals surface area contributed by atoms with Gasteiger partial charge in [-0.15, -0.1) is 0 Å². The molecule has 2 aromatic carbocycles. The van der Waals surface area contributed by atoms with Gasteiger partial charge in [-0.25, -0.2) is 4.98 Å². The van der Waals surface area contributed by atoms with E-state index in [0.29, 0.717) is 12.6 Å². The molecule has 0 aliphatic carbocycles. The molecule has 1 saturated heterocycles. The van der Waals surface area contributed by atoms with E-state index < -0.39 is 8.32 Å². The predicted molar refractivity (Wildman–Crippen MR) is 150 cm³/mol. The smallest absolute Gasteiger partial charge is 0.192 e. The van der Waals surface area contributed by atoms with Crippen LogP contribution in [0.15, 0.2) is 67.1 Å². The van der Waals surface area contributed by atoms with Gasteiger partial charge in [-0.3, -0.25) is 9.67 Å². The molecular formula is C29H37N5OSi. The second-order valence-corrected chi connectivity index (χ2v) is 16.2. The summed E-state index contributed by atoms with van der Waals surface area (Å²) < 4.78 is 8.58. The lowest BCUT2D eigenvalue weighted by atomic mass is 10.0. The Hall–Kier alpha value is -3.03. The Kier molecular flexibility index (Phi) is 6.70. The Morgan fingerprint density at radius 3 is 2.47 bits per heavy atom. The molecule has 1 aliphatic rings. The van der Waals surface area contributed by atoms with E-state index in [0.717, 1.165) is 48.2 Å². The summed E-state index contributed by atoms with van der Waals surface area (Å²) in [5, 5.41) is 4.91. The zero-order valence-corrected chi connectivity index (χ0v) is 23.1. The van der Waals surface area contributed by atoms with Gasteiger partial charge in [0.25, 0.3) is 0 Å². The van der Waals surface area contributed by atoms with Crippen LogP contribution in [0.1, 0.15) is 45.2 Å². The number of piperidine rings is 1. The maximum atomic E-state index is 6.46. The summed E-state index contributed by atoms with van der Waals surface area (Å²) in [5.74, 6) is 0. The zero-order chi connectivity index (χ0) is 25.3. The van der Waals surface area contributed by atoms with E-state index in [2.05, 4.69) is 78.9 Å². The van der Waals surface area contributed by atoms with Crippen LogP contribution in [0.25, 0.3) is 22.3 Å². The number of hydrogen-bond donors (Lipinski definition) is 0. The first-order valence-corrected chi connectivity index (χ1v) is 15.8. The van der Waals surface area contributed by atoms with Gasteiger partial charge in [-0.2, -0.15) is 5.10 Å². The molecule has 2 aromatic heterocycles. The van der Waals surface area contributed by atoms with Crippen LogP contribution in [0.3, 0.4) is 0 Å². The number of benzene rings is 2. The topological polar surface area (TPSA) is 56.1 Å². The number of rotatable bonds is 6. The Bertz CT molecular complexity index is 1330. The van der Waals surface area contributed by atoms with Crippen molar-refractivity contribution in [2.75, 3.05) is 18.0 Å². The van der Waals surface area contributed by atoms with Crippen LogP contribution in [-0.4, -0.2) is 41.2 Å². The molecule has 0 spiro atoms. The van der Waals surface area contributed by atoms with Crippen molar-refractivity contribution >= 4 is 25.0 Å². The van der Waals surface area contributed by atoms with E-state index in [9.17, 15) is 0 Å². The molecule has 4 aromatic rings. The van der Waals surface area contributed by atoms with Crippen molar-refractivity contribution < 1.29 is 4.43 Å². The maximum absolute atomic E-state index is 6.46. The predicted octanol–water partition coefficient (Wildman–Crippen LogP) is 6.86. The van der Waals surface area contributed by atoms with E-state index >= 15 is 0 Å². The summed E-state index contributed by atoms with van der Waals surface area (Å²) in [4.78, 5) is 11.8. The molecule has 0 N–H and O–H groups in total. The normalized spacial score (nSPS) is 15.5. The molecule has 0 bridgehead atoms. The fourth-order valence-corrected chi connectivity index (χ4v) is 5.44. The fraction of sp³-hybridized carbons (Fsp3) is 0.414. The second-order valence-electron chi connectivity index (χ2n) is 11.4. The van der Waals surface area contributed by atoms with Gasteiger partial charge in [0, 0.05) is 30.5 Å². The third kappa shape index (κ3) is 5.22. The van der Waals surface area contributed by atoms with E-state index in [1.165, 1.54) is 11.3 Å². The Morgan fingerprint density at radius 1 is 0.972 bits per heavy atom. The summed E-state index contributed by atoms with van der Waals surface area (Å²) in [6.07, 6.45) is 8.01. The van der Waals surface area contributed by atoms with E-state index in [4.69, 9.17) is 14.5 Å². The largest absolute Gasteiger partial charge is 0.413 e. The van der Waals surface area contributed by atoms with Crippen LogP contribution in [-0.2, 0) is 11.0 Å². The quantitative estimate of drug-likeness (QED) is 0.271. The first-order chi connectivity index (χ1) is 17.2. The monoisotopic (exact) mass is 499 g/mol. The summed E-state index contributed by atoms with van der Waals surface area (Å²) in [6, 6.07) is 17.2. The van der Waals surface area contributed by atoms with Crippen LogP contribution in [0.5, 0.6) is 0 Å². The minimum atomic E-state index is -1.76. The highest BCUT2D eigenvalue weighted by atomic mass is 28.4. The second kappa shape index (κ2) is 9.79. The average molecular weight is 500 g/mol. The summed E-state index contributed by atoms with van der Waals surface area (Å²) >= 11 is 0. The van der Waals surface area contributed by atoms with Crippen molar-refractivity contribution in [2.24, 2.45) is 0 Å². The van der Waals surface area contributed by atoms with Gasteiger partial charge in [0.15, 0.2) is 8.32 Å². The first-order valence-electron chi connectivity index (χ1n) is 12.9. The molecule has 0 amide bonds. The van der Waals surface area contributed by atoms with E-state index in [1.807, 2.05) is 36.7 Å². The first kappa shape index (κ1) is 24.7. The Morgan fingerprint density at radius 2 is 1.72 bits per heavy atom. The van der Waals surface area contributed by atoms with Gasteiger partial charge in [0.05, 0.1) is 41.8 Å². The van der Waals surface area contributed by atoms with Crippen LogP contribution < -0.4 is 4.90 Å². The maximum Gasteiger partial charge on any atom is 0.192 e. The summed E-state index contributed by atoms with van der Waals surface area (Å²) in [7, 11) is -1.76. The number of nitrogens with zero attached hydrogens (tertiary/aromatic N) is 5. The molecule has 7 heteroatoms. The number of aromatic nitrogens is 4. The van der Waals surface area contributed by atoms with Gasteiger partial charge in [0.2, 0.25) is 0 Å². The lowest BCUT2D eigenvalue weighted by Gasteiger charge is -2.36. The molecule has 5 rings (SSSR count). The molecule has 0 saturated carbocycles. The molecule has 0 radical (unpaired) electrons. The highest BCUT2D eigenvalue weighted by molar-refractivity contribution is 6.74. The number of fused-ring (bicyclic) bond motifs is 1. The van der Waals surface area contributed by atoms with Gasteiger partial charge < -0.3 is 9.33 Å². The van der Waals surface area contributed by atoms with Crippen molar-refractivity contribution in [1.29, 1.82) is 0 Å². The van der Waals surface area contributed by atoms with Crippen molar-refractivity contribution in [3.05, 3.63) is 72.7 Å². The van der Waals surface area contributed by atoms with Gasteiger partial charge in [-0.1, -0.05) is 45.0 Å². The van der Waals surface area contributed by atoms with Crippen LogP contribution in [0.4, 0.5) is 5.69 Å². The van der Waals surface area contributed by atoms with Crippen LogP contribution in [0, 0.1) is 0 Å². The average Bonchev–Trinajstić information content (AvgIpc) is 3.37. The summed E-state index contributed by atoms with van der Waals surface area (Å²) in [5.41, 5.74) is 6.26.